The molecule has 0 N–H and O–H groups in total. The van der Waals surface area contributed by atoms with Gasteiger partial charge in [0.05, 0.1) is 26.3 Å². The first-order chi connectivity index (χ1) is 15.9. The molecule has 1 aliphatic heterocycles. The average molecular weight is 518 g/mol. The molecular weight excluding hydrogens is 499 g/mol. The number of nitrogens with zero attached hydrogens (tertiary/aromatic N) is 1. The molecule has 2 aromatic rings. The minimum absolute atomic E-state index is 0.0547. The molecule has 0 aromatic heterocycles. The van der Waals surface area contributed by atoms with Gasteiger partial charge in [0.2, 0.25) is 0 Å². The molecule has 182 valence electrons. The molecule has 0 spiro atoms. The number of carbonyl (C=O) groups excluding carboxylic acids is 2. The second kappa shape index (κ2) is 9.67. The van der Waals surface area contributed by atoms with Crippen LogP contribution in [-0.2, 0) is 25.8 Å². The summed E-state index contributed by atoms with van der Waals surface area (Å²) in [6.07, 6.45) is -3.73. The minimum Gasteiger partial charge on any atom is -0.496 e. The van der Waals surface area contributed by atoms with Crippen LogP contribution in [0, 0.1) is 0 Å². The van der Waals surface area contributed by atoms with Crippen molar-refractivity contribution in [3.05, 3.63) is 58.1 Å². The van der Waals surface area contributed by atoms with E-state index in [4.69, 9.17) is 21.1 Å². The van der Waals surface area contributed by atoms with Gasteiger partial charge < -0.3 is 9.47 Å². The number of methoxy groups -OCH3 is 2. The molecule has 2 aromatic carbocycles. The van der Waals surface area contributed by atoms with Crippen LogP contribution in [0.15, 0.2) is 46.9 Å². The number of benzene rings is 2. The van der Waals surface area contributed by atoms with Gasteiger partial charge in [0, 0.05) is 22.6 Å². The fourth-order valence-corrected chi connectivity index (χ4v) is 5.11. The molecule has 1 heterocycles. The van der Waals surface area contributed by atoms with E-state index in [0.717, 1.165) is 13.2 Å². The van der Waals surface area contributed by atoms with Gasteiger partial charge in [0.25, 0.3) is 15.9 Å². The molecule has 0 radical (unpaired) electrons. The zero-order valence-electron chi connectivity index (χ0n) is 18.0. The molecule has 1 amide bonds. The van der Waals surface area contributed by atoms with Gasteiger partial charge in [0.1, 0.15) is 16.4 Å². The van der Waals surface area contributed by atoms with E-state index in [9.17, 15) is 31.2 Å². The third-order valence-corrected chi connectivity index (χ3v) is 7.06. The summed E-state index contributed by atoms with van der Waals surface area (Å²) in [6, 6.07) is 6.46. The van der Waals surface area contributed by atoms with Crippen LogP contribution >= 0.6 is 11.6 Å². The Bertz CT molecular complexity index is 1270. The van der Waals surface area contributed by atoms with Crippen LogP contribution in [0.3, 0.4) is 0 Å². The molecule has 0 unspecified atom stereocenters. The van der Waals surface area contributed by atoms with Crippen LogP contribution in [0.25, 0.3) is 6.08 Å². The summed E-state index contributed by atoms with van der Waals surface area (Å²) in [5.41, 5.74) is -0.942. The number of hydrogen-bond donors (Lipinski definition) is 0. The lowest BCUT2D eigenvalue weighted by atomic mass is 10.0. The number of halogens is 4. The molecule has 0 saturated carbocycles. The van der Waals surface area contributed by atoms with Crippen LogP contribution in [0.1, 0.15) is 24.0 Å². The minimum atomic E-state index is -4.90. The normalized spacial score (nSPS) is 16.5. The molecule has 7 nitrogen and oxygen atoms in total. The van der Waals surface area contributed by atoms with E-state index >= 15 is 0 Å². The Labute approximate surface area is 198 Å². The highest BCUT2D eigenvalue weighted by molar-refractivity contribution is 7.89. The van der Waals surface area contributed by atoms with Crippen LogP contribution in [0.5, 0.6) is 11.5 Å². The predicted octanol–water partition coefficient (Wildman–Crippen LogP) is 4.34. The predicted molar refractivity (Wildman–Crippen MR) is 117 cm³/mol. The molecule has 3 rings (SSSR count). The Morgan fingerprint density at radius 1 is 1.00 bits per heavy atom. The third kappa shape index (κ3) is 5.20. The van der Waals surface area contributed by atoms with E-state index in [1.54, 1.807) is 12.1 Å². The molecule has 1 fully saturated rings. The van der Waals surface area contributed by atoms with Gasteiger partial charge >= 0.3 is 6.18 Å². The molecule has 12 heteroatoms. The van der Waals surface area contributed by atoms with Gasteiger partial charge in [-0.15, -0.1) is 0 Å². The molecule has 1 saturated heterocycles. The number of amides is 1. The van der Waals surface area contributed by atoms with Gasteiger partial charge in [-0.25, -0.2) is 12.7 Å². The summed E-state index contributed by atoms with van der Waals surface area (Å²) >= 11 is 6.01. The van der Waals surface area contributed by atoms with Crippen molar-refractivity contribution in [2.75, 3.05) is 20.8 Å². The number of ketones is 1. The van der Waals surface area contributed by atoms with Crippen molar-refractivity contribution < 1.29 is 40.7 Å². The summed E-state index contributed by atoms with van der Waals surface area (Å²) in [5.74, 6) is -1.69. The molecule has 1 aliphatic rings. The van der Waals surface area contributed by atoms with Crippen molar-refractivity contribution in [2.24, 2.45) is 0 Å². The molecule has 0 bridgehead atoms. The Morgan fingerprint density at radius 2 is 1.65 bits per heavy atom. The van der Waals surface area contributed by atoms with Crippen molar-refractivity contribution >= 4 is 39.4 Å². The van der Waals surface area contributed by atoms with Crippen LogP contribution in [0.4, 0.5) is 13.2 Å². The van der Waals surface area contributed by atoms with E-state index in [-0.39, 0.29) is 22.7 Å². The van der Waals surface area contributed by atoms with E-state index in [2.05, 4.69) is 0 Å². The van der Waals surface area contributed by atoms with Crippen molar-refractivity contribution in [1.29, 1.82) is 0 Å². The molecule has 34 heavy (non-hydrogen) atoms. The Balaban J connectivity index is 2.14. The van der Waals surface area contributed by atoms with Gasteiger partial charge in [-0.1, -0.05) is 11.6 Å². The third-order valence-electron chi connectivity index (χ3n) is 5.07. The maximum Gasteiger partial charge on any atom is 0.416 e. The number of hydrogen-bond acceptors (Lipinski definition) is 6. The topological polar surface area (TPSA) is 90.0 Å². The number of carbonyl (C=O) groups is 2. The zero-order valence-corrected chi connectivity index (χ0v) is 19.6. The van der Waals surface area contributed by atoms with Gasteiger partial charge in [-0.3, -0.25) is 9.59 Å². The lowest BCUT2D eigenvalue weighted by molar-refractivity contribution is -0.137. The standard InChI is InChI=1S/C22H19ClF3NO6S/c1-32-18-8-5-16(23)10-14(18)9-13-3-6-17(28)12-27(21(13)29)34(30,31)20-11-15(22(24,25)26)4-7-19(20)33-2/h4-5,7-11H,3,6,12H2,1-2H3/b13-9+. The summed E-state index contributed by atoms with van der Waals surface area (Å²) in [4.78, 5) is 24.7. The highest BCUT2D eigenvalue weighted by Gasteiger charge is 2.39. The molecule has 0 aliphatic carbocycles. The second-order valence-corrected chi connectivity index (χ2v) is 9.54. The SMILES string of the molecule is COc1ccc(Cl)cc1/C=C1\CCC(=O)CN(S(=O)(=O)c2cc(C(F)(F)F)ccc2OC)C1=O. The van der Waals surface area contributed by atoms with E-state index < -0.39 is 50.6 Å². The van der Waals surface area contributed by atoms with Crippen molar-refractivity contribution in [3.63, 3.8) is 0 Å². The summed E-state index contributed by atoms with van der Waals surface area (Å²) in [6.45, 7) is -0.829. The first-order valence-electron chi connectivity index (χ1n) is 9.76. The fraction of sp³-hybridized carbons (Fsp3) is 0.273. The monoisotopic (exact) mass is 517 g/mol. The Hall–Kier alpha value is -3.05. The largest absolute Gasteiger partial charge is 0.496 e. The maximum atomic E-state index is 13.4. The smallest absolute Gasteiger partial charge is 0.416 e. The van der Waals surface area contributed by atoms with Crippen molar-refractivity contribution in [2.45, 2.75) is 23.9 Å². The maximum absolute atomic E-state index is 13.4. The fourth-order valence-electron chi connectivity index (χ4n) is 3.36. The number of rotatable bonds is 5. The van der Waals surface area contributed by atoms with Gasteiger partial charge in [0.15, 0.2) is 5.78 Å². The average Bonchev–Trinajstić information content (AvgIpc) is 2.92. The summed E-state index contributed by atoms with van der Waals surface area (Å²) in [5, 5.41) is 0.322. The number of sulfonamides is 1. The first-order valence-corrected chi connectivity index (χ1v) is 11.6. The molecule has 0 atom stereocenters. The summed E-state index contributed by atoms with van der Waals surface area (Å²) < 4.78 is 76.9. The van der Waals surface area contributed by atoms with Crippen LogP contribution in [0.2, 0.25) is 5.02 Å². The lowest BCUT2D eigenvalue weighted by Gasteiger charge is -2.22. The number of Topliss-reactive ketones (excluding diaryl/α,β-unsaturated/α-hetero) is 1. The lowest BCUT2D eigenvalue weighted by Crippen LogP contribution is -2.39. The highest BCUT2D eigenvalue weighted by atomic mass is 35.5. The van der Waals surface area contributed by atoms with Crippen molar-refractivity contribution in [1.82, 2.24) is 4.31 Å². The van der Waals surface area contributed by atoms with Gasteiger partial charge in [-0.05, 0) is 48.9 Å². The Kier molecular flexibility index (Phi) is 7.27. The summed E-state index contributed by atoms with van der Waals surface area (Å²) in [7, 11) is -2.44. The van der Waals surface area contributed by atoms with Crippen LogP contribution in [-0.4, -0.2) is 45.2 Å². The highest BCUT2D eigenvalue weighted by Crippen LogP contribution is 2.36. The Morgan fingerprint density at radius 3 is 2.26 bits per heavy atom. The number of alkyl halides is 3. The molecular formula is C22H19ClF3NO6S. The quantitative estimate of drug-likeness (QED) is 0.548. The number of ether oxygens (including phenoxy) is 2. The van der Waals surface area contributed by atoms with E-state index in [0.29, 0.717) is 28.5 Å². The van der Waals surface area contributed by atoms with Crippen molar-refractivity contribution in [3.8, 4) is 11.5 Å². The van der Waals surface area contributed by atoms with Gasteiger partial charge in [-0.2, -0.15) is 13.2 Å². The van der Waals surface area contributed by atoms with E-state index in [1.165, 1.54) is 19.3 Å². The second-order valence-electron chi connectivity index (χ2n) is 7.27. The zero-order chi connectivity index (χ0) is 25.3. The van der Waals surface area contributed by atoms with E-state index in [1.807, 2.05) is 0 Å². The van der Waals surface area contributed by atoms with Crippen LogP contribution < -0.4 is 9.47 Å². The first kappa shape index (κ1) is 25.6.